The predicted octanol–water partition coefficient (Wildman–Crippen LogP) is 4.23. The van der Waals surface area contributed by atoms with E-state index in [9.17, 15) is 13.6 Å². The molecular weight excluding hydrogens is 331 g/mol. The Morgan fingerprint density at radius 2 is 2.00 bits per heavy atom. The van der Waals surface area contributed by atoms with Gasteiger partial charge in [0.25, 0.3) is 5.91 Å². The molecule has 1 N–H and O–H groups in total. The van der Waals surface area contributed by atoms with Gasteiger partial charge in [0.05, 0.1) is 10.2 Å². The highest BCUT2D eigenvalue weighted by Gasteiger charge is 2.15. The molecule has 0 aliphatic carbocycles. The monoisotopic (exact) mass is 335 g/mol. The number of carbonyl (C=O) groups is 1. The fourth-order valence-corrected chi connectivity index (χ4v) is 1.73. The highest BCUT2D eigenvalue weighted by Crippen LogP contribution is 2.24. The summed E-state index contributed by atoms with van der Waals surface area (Å²) >= 11 is 8.40. The zero-order valence-corrected chi connectivity index (χ0v) is 11.0. The molecule has 2 rings (SSSR count). The van der Waals surface area contributed by atoms with Gasteiger partial charge in [0, 0.05) is 6.07 Å². The van der Waals surface area contributed by atoms with Crippen molar-refractivity contribution in [1.29, 1.82) is 0 Å². The summed E-state index contributed by atoms with van der Waals surface area (Å²) in [6.07, 6.45) is 0. The van der Waals surface area contributed by atoms with E-state index in [1.165, 1.54) is 12.1 Å². The van der Waals surface area contributed by atoms with Crippen LogP contribution in [0.15, 0.2) is 33.2 Å². The van der Waals surface area contributed by atoms with E-state index in [1.54, 1.807) is 0 Å². The van der Waals surface area contributed by atoms with Crippen LogP contribution in [0.1, 0.15) is 10.6 Å². The van der Waals surface area contributed by atoms with Gasteiger partial charge in [0.2, 0.25) is 0 Å². The summed E-state index contributed by atoms with van der Waals surface area (Å²) in [6.45, 7) is 0. The van der Waals surface area contributed by atoms with Crippen molar-refractivity contribution in [3.05, 3.63) is 51.4 Å². The van der Waals surface area contributed by atoms with Crippen LogP contribution in [0.3, 0.4) is 0 Å². The molecule has 0 saturated carbocycles. The van der Waals surface area contributed by atoms with Gasteiger partial charge in [-0.05, 0) is 45.7 Å². The van der Waals surface area contributed by atoms with Crippen LogP contribution in [0.25, 0.3) is 0 Å². The van der Waals surface area contributed by atoms with Crippen LogP contribution < -0.4 is 5.32 Å². The van der Waals surface area contributed by atoms with Gasteiger partial charge in [-0.15, -0.1) is 0 Å². The number of nitrogens with one attached hydrogen (secondary N) is 1. The maximum Gasteiger partial charge on any atom is 0.291 e. The van der Waals surface area contributed by atoms with Crippen molar-refractivity contribution in [2.24, 2.45) is 0 Å². The van der Waals surface area contributed by atoms with Gasteiger partial charge in [-0.3, -0.25) is 4.79 Å². The fourth-order valence-electron chi connectivity index (χ4n) is 1.24. The van der Waals surface area contributed by atoms with Crippen LogP contribution in [-0.4, -0.2) is 5.91 Å². The first-order chi connectivity index (χ1) is 8.47. The molecule has 7 heteroatoms. The van der Waals surface area contributed by atoms with Crippen molar-refractivity contribution in [1.82, 2.24) is 0 Å². The number of benzene rings is 1. The standard InChI is InChI=1S/C11H5BrClF2NO2/c12-5-3-8(7(15)4-6(5)14)16-11(17)9-1-2-10(13)18-9/h1-4H,(H,16,17). The zero-order chi connectivity index (χ0) is 13.3. The molecule has 2 aromatic rings. The first-order valence-electron chi connectivity index (χ1n) is 4.68. The van der Waals surface area contributed by atoms with Crippen molar-refractivity contribution in [2.75, 3.05) is 5.32 Å². The van der Waals surface area contributed by atoms with Gasteiger partial charge in [-0.25, -0.2) is 8.78 Å². The summed E-state index contributed by atoms with van der Waals surface area (Å²) in [5.41, 5.74) is -0.166. The molecule has 0 atom stereocenters. The van der Waals surface area contributed by atoms with Gasteiger partial charge < -0.3 is 9.73 Å². The van der Waals surface area contributed by atoms with Crippen molar-refractivity contribution >= 4 is 39.1 Å². The topological polar surface area (TPSA) is 42.2 Å². The summed E-state index contributed by atoms with van der Waals surface area (Å²) in [6, 6.07) is 4.50. The van der Waals surface area contributed by atoms with Crippen molar-refractivity contribution in [2.45, 2.75) is 0 Å². The third-order valence-electron chi connectivity index (χ3n) is 2.06. The molecule has 0 radical (unpaired) electrons. The van der Waals surface area contributed by atoms with Crippen molar-refractivity contribution in [3.8, 4) is 0 Å². The molecule has 1 heterocycles. The molecule has 1 aromatic heterocycles. The second kappa shape index (κ2) is 5.07. The van der Waals surface area contributed by atoms with Crippen LogP contribution in [-0.2, 0) is 0 Å². The normalized spacial score (nSPS) is 10.4. The fraction of sp³-hybridized carbons (Fsp3) is 0. The lowest BCUT2D eigenvalue weighted by atomic mass is 10.3. The lowest BCUT2D eigenvalue weighted by Crippen LogP contribution is -2.12. The second-order valence-corrected chi connectivity index (χ2v) is 4.53. The minimum absolute atomic E-state index is 0.0386. The third kappa shape index (κ3) is 2.70. The average molecular weight is 337 g/mol. The van der Waals surface area contributed by atoms with E-state index >= 15 is 0 Å². The maximum atomic E-state index is 13.4. The molecule has 0 aliphatic rings. The van der Waals surface area contributed by atoms with Crippen LogP contribution in [0.4, 0.5) is 14.5 Å². The van der Waals surface area contributed by atoms with Crippen molar-refractivity contribution < 1.29 is 18.0 Å². The molecule has 0 bridgehead atoms. The van der Waals surface area contributed by atoms with E-state index in [0.717, 1.165) is 6.07 Å². The molecule has 0 aliphatic heterocycles. The van der Waals surface area contributed by atoms with Crippen molar-refractivity contribution in [3.63, 3.8) is 0 Å². The van der Waals surface area contributed by atoms with E-state index in [-0.39, 0.29) is 21.1 Å². The van der Waals surface area contributed by atoms with Gasteiger partial charge in [-0.1, -0.05) is 0 Å². The third-order valence-corrected chi connectivity index (χ3v) is 2.87. The van der Waals surface area contributed by atoms with Gasteiger partial charge >= 0.3 is 0 Å². The van der Waals surface area contributed by atoms with Gasteiger partial charge in [0.15, 0.2) is 11.0 Å². The van der Waals surface area contributed by atoms with E-state index in [2.05, 4.69) is 21.2 Å². The first kappa shape index (κ1) is 13.0. The minimum Gasteiger partial charge on any atom is -0.440 e. The van der Waals surface area contributed by atoms with Crippen LogP contribution in [0.5, 0.6) is 0 Å². The summed E-state index contributed by atoms with van der Waals surface area (Å²) in [4.78, 5) is 11.6. The number of anilines is 1. The molecular formula is C11H5BrClF2NO2. The molecule has 18 heavy (non-hydrogen) atoms. The summed E-state index contributed by atoms with van der Waals surface area (Å²) in [5.74, 6) is -2.40. The Balaban J connectivity index is 2.24. The number of hydrogen-bond acceptors (Lipinski definition) is 2. The lowest BCUT2D eigenvalue weighted by molar-refractivity contribution is 0.0996. The Bertz CT molecular complexity index is 615. The average Bonchev–Trinajstić information content (AvgIpc) is 2.73. The molecule has 0 saturated heterocycles. The molecule has 3 nitrogen and oxygen atoms in total. The second-order valence-electron chi connectivity index (χ2n) is 3.30. The van der Waals surface area contributed by atoms with E-state index in [1.807, 2.05) is 0 Å². The minimum atomic E-state index is -0.887. The number of rotatable bonds is 2. The lowest BCUT2D eigenvalue weighted by Gasteiger charge is -2.05. The predicted molar refractivity (Wildman–Crippen MR) is 65.7 cm³/mol. The number of carbonyl (C=O) groups excluding carboxylic acids is 1. The summed E-state index contributed by atoms with van der Waals surface area (Å²) in [5, 5.41) is 2.29. The molecule has 0 spiro atoms. The van der Waals surface area contributed by atoms with Crippen LogP contribution in [0, 0.1) is 11.6 Å². The largest absolute Gasteiger partial charge is 0.440 e. The number of halogens is 4. The smallest absolute Gasteiger partial charge is 0.291 e. The van der Waals surface area contributed by atoms with Crippen LogP contribution >= 0.6 is 27.5 Å². The summed E-state index contributed by atoms with van der Waals surface area (Å²) in [7, 11) is 0. The number of furan rings is 1. The quantitative estimate of drug-likeness (QED) is 0.834. The first-order valence-corrected chi connectivity index (χ1v) is 5.85. The summed E-state index contributed by atoms with van der Waals surface area (Å²) < 4.78 is 31.3. The van der Waals surface area contributed by atoms with E-state index < -0.39 is 17.5 Å². The SMILES string of the molecule is O=C(Nc1cc(Br)c(F)cc1F)c1ccc(Cl)o1. The Kier molecular flexibility index (Phi) is 3.68. The highest BCUT2D eigenvalue weighted by molar-refractivity contribution is 9.10. The molecule has 94 valence electrons. The Labute approximate surface area is 114 Å². The molecule has 1 aromatic carbocycles. The Morgan fingerprint density at radius 1 is 1.28 bits per heavy atom. The number of hydrogen-bond donors (Lipinski definition) is 1. The van der Waals surface area contributed by atoms with Crippen LogP contribution in [0.2, 0.25) is 5.22 Å². The highest BCUT2D eigenvalue weighted by atomic mass is 79.9. The van der Waals surface area contributed by atoms with Gasteiger partial charge in [-0.2, -0.15) is 0 Å². The Morgan fingerprint density at radius 3 is 2.61 bits per heavy atom. The Hall–Kier alpha value is -1.40. The molecule has 1 amide bonds. The molecule has 0 fully saturated rings. The molecule has 0 unspecified atom stereocenters. The van der Waals surface area contributed by atoms with E-state index in [4.69, 9.17) is 16.0 Å². The zero-order valence-electron chi connectivity index (χ0n) is 8.64. The van der Waals surface area contributed by atoms with E-state index in [0.29, 0.717) is 6.07 Å². The number of amides is 1. The maximum absolute atomic E-state index is 13.4. The van der Waals surface area contributed by atoms with Gasteiger partial charge in [0.1, 0.15) is 11.6 Å².